The van der Waals surface area contributed by atoms with Crippen LogP contribution in [0.15, 0.2) is 59.7 Å². The zero-order chi connectivity index (χ0) is 15.6. The molecule has 0 atom stereocenters. The van der Waals surface area contributed by atoms with Gasteiger partial charge < -0.3 is 4.74 Å². The van der Waals surface area contributed by atoms with Crippen LogP contribution < -0.4 is 10.2 Å². The minimum absolute atomic E-state index is 0.144. The number of nitrogens with one attached hydrogen (secondary N) is 1. The summed E-state index contributed by atoms with van der Waals surface area (Å²) < 4.78 is 5.64. The second kappa shape index (κ2) is 8.62. The Balaban J connectivity index is 1.91. The van der Waals surface area contributed by atoms with Gasteiger partial charge in [0.2, 0.25) is 5.91 Å². The van der Waals surface area contributed by atoms with Crippen LogP contribution in [0.5, 0.6) is 5.75 Å². The lowest BCUT2D eigenvalue weighted by atomic mass is 10.1. The van der Waals surface area contributed by atoms with Crippen molar-refractivity contribution in [2.24, 2.45) is 5.10 Å². The van der Waals surface area contributed by atoms with E-state index in [0.717, 1.165) is 23.3 Å². The fourth-order valence-corrected chi connectivity index (χ4v) is 1.93. The van der Waals surface area contributed by atoms with E-state index < -0.39 is 0 Å². The first-order valence-electron chi connectivity index (χ1n) is 7.37. The van der Waals surface area contributed by atoms with E-state index in [9.17, 15) is 4.79 Å². The Morgan fingerprint density at radius 1 is 1.14 bits per heavy atom. The third kappa shape index (κ3) is 5.05. The van der Waals surface area contributed by atoms with Crippen molar-refractivity contribution in [1.82, 2.24) is 5.43 Å². The first kappa shape index (κ1) is 15.8. The molecule has 0 aliphatic carbocycles. The second-order valence-electron chi connectivity index (χ2n) is 4.84. The predicted molar refractivity (Wildman–Crippen MR) is 88.1 cm³/mol. The van der Waals surface area contributed by atoms with Crippen molar-refractivity contribution in [2.45, 2.75) is 19.8 Å². The van der Waals surface area contributed by atoms with Crippen LogP contribution in [0.4, 0.5) is 0 Å². The highest BCUT2D eigenvalue weighted by Gasteiger charge is 2.02. The second-order valence-corrected chi connectivity index (χ2v) is 4.84. The number of nitrogens with zero attached hydrogens (tertiary/aromatic N) is 1. The van der Waals surface area contributed by atoms with Crippen LogP contribution in [0, 0.1) is 0 Å². The summed E-state index contributed by atoms with van der Waals surface area (Å²) in [6.45, 7) is 2.71. The molecule has 114 valence electrons. The summed E-state index contributed by atoms with van der Waals surface area (Å²) in [7, 11) is 0. The van der Waals surface area contributed by atoms with E-state index in [1.807, 2.05) is 54.6 Å². The largest absolute Gasteiger partial charge is 0.493 e. The monoisotopic (exact) mass is 296 g/mol. The summed E-state index contributed by atoms with van der Waals surface area (Å²) in [6, 6.07) is 17.2. The summed E-state index contributed by atoms with van der Waals surface area (Å²) >= 11 is 0. The number of rotatable bonds is 7. The number of carbonyl (C=O) groups is 1. The molecule has 0 fully saturated rings. The average Bonchev–Trinajstić information content (AvgIpc) is 2.55. The van der Waals surface area contributed by atoms with Gasteiger partial charge in [-0.2, -0.15) is 5.10 Å². The molecule has 2 aromatic carbocycles. The van der Waals surface area contributed by atoms with Crippen molar-refractivity contribution in [2.75, 3.05) is 6.61 Å². The van der Waals surface area contributed by atoms with Crippen LogP contribution >= 0.6 is 0 Å². The molecule has 0 bridgehead atoms. The third-order valence-corrected chi connectivity index (χ3v) is 2.98. The van der Waals surface area contributed by atoms with Crippen LogP contribution in [-0.2, 0) is 11.2 Å². The zero-order valence-electron chi connectivity index (χ0n) is 12.7. The van der Waals surface area contributed by atoms with Crippen molar-refractivity contribution >= 4 is 12.1 Å². The SMILES string of the molecule is CCCOc1ccccc1/C=N/NC(=O)Cc1ccccc1. The Hall–Kier alpha value is -2.62. The van der Waals surface area contributed by atoms with Gasteiger partial charge in [0.25, 0.3) is 0 Å². The quantitative estimate of drug-likeness (QED) is 0.630. The molecule has 0 aliphatic heterocycles. The van der Waals surface area contributed by atoms with Crippen molar-refractivity contribution in [3.8, 4) is 5.75 Å². The normalized spacial score (nSPS) is 10.6. The molecule has 0 spiro atoms. The minimum atomic E-state index is -0.144. The molecule has 0 saturated carbocycles. The number of hydrogen-bond acceptors (Lipinski definition) is 3. The molecular formula is C18H20N2O2. The van der Waals surface area contributed by atoms with Gasteiger partial charge in [0.05, 0.1) is 19.2 Å². The maximum atomic E-state index is 11.8. The number of carbonyl (C=O) groups excluding carboxylic acids is 1. The molecule has 0 saturated heterocycles. The van der Waals surface area contributed by atoms with E-state index in [1.165, 1.54) is 0 Å². The smallest absolute Gasteiger partial charge is 0.244 e. The van der Waals surface area contributed by atoms with Gasteiger partial charge in [0.1, 0.15) is 5.75 Å². The first-order chi connectivity index (χ1) is 10.8. The molecule has 22 heavy (non-hydrogen) atoms. The van der Waals surface area contributed by atoms with E-state index >= 15 is 0 Å². The predicted octanol–water partition coefficient (Wildman–Crippen LogP) is 3.17. The number of ether oxygens (including phenoxy) is 1. The molecule has 4 nitrogen and oxygen atoms in total. The molecule has 0 aliphatic rings. The van der Waals surface area contributed by atoms with Crippen LogP contribution in [-0.4, -0.2) is 18.7 Å². The maximum absolute atomic E-state index is 11.8. The topological polar surface area (TPSA) is 50.7 Å². The van der Waals surface area contributed by atoms with Crippen LogP contribution in [0.2, 0.25) is 0 Å². The number of hydrogen-bond donors (Lipinski definition) is 1. The van der Waals surface area contributed by atoms with Gasteiger partial charge in [-0.25, -0.2) is 5.43 Å². The molecule has 4 heteroatoms. The van der Waals surface area contributed by atoms with Crippen LogP contribution in [0.3, 0.4) is 0 Å². The van der Waals surface area contributed by atoms with E-state index in [-0.39, 0.29) is 5.91 Å². The van der Waals surface area contributed by atoms with Gasteiger partial charge in [-0.1, -0.05) is 49.4 Å². The van der Waals surface area contributed by atoms with Crippen molar-refractivity contribution in [1.29, 1.82) is 0 Å². The summed E-state index contributed by atoms with van der Waals surface area (Å²) in [5.74, 6) is 0.625. The number of benzene rings is 2. The Morgan fingerprint density at radius 2 is 1.86 bits per heavy atom. The summed E-state index contributed by atoms with van der Waals surface area (Å²) in [5.41, 5.74) is 4.34. The van der Waals surface area contributed by atoms with Crippen LogP contribution in [0.25, 0.3) is 0 Å². The fraction of sp³-hybridized carbons (Fsp3) is 0.222. The summed E-state index contributed by atoms with van der Waals surface area (Å²) in [4.78, 5) is 11.8. The highest BCUT2D eigenvalue weighted by molar-refractivity contribution is 5.85. The lowest BCUT2D eigenvalue weighted by molar-refractivity contribution is -0.120. The highest BCUT2D eigenvalue weighted by Crippen LogP contribution is 2.15. The highest BCUT2D eigenvalue weighted by atomic mass is 16.5. The third-order valence-electron chi connectivity index (χ3n) is 2.98. The molecule has 1 amide bonds. The van der Waals surface area contributed by atoms with Crippen molar-refractivity contribution in [3.05, 3.63) is 65.7 Å². The lowest BCUT2D eigenvalue weighted by Gasteiger charge is -2.07. The molecule has 0 heterocycles. The summed E-state index contributed by atoms with van der Waals surface area (Å²) in [6.07, 6.45) is 2.86. The van der Waals surface area contributed by atoms with Gasteiger partial charge in [0.15, 0.2) is 0 Å². The van der Waals surface area contributed by atoms with Gasteiger partial charge >= 0.3 is 0 Å². The maximum Gasteiger partial charge on any atom is 0.244 e. The van der Waals surface area contributed by atoms with E-state index in [4.69, 9.17) is 4.74 Å². The van der Waals surface area contributed by atoms with E-state index in [0.29, 0.717) is 13.0 Å². The Kier molecular flexibility index (Phi) is 6.18. The number of amides is 1. The lowest BCUT2D eigenvalue weighted by Crippen LogP contribution is -2.19. The number of hydrazone groups is 1. The molecule has 1 N–H and O–H groups in total. The Bertz CT molecular complexity index is 624. The van der Waals surface area contributed by atoms with Crippen molar-refractivity contribution < 1.29 is 9.53 Å². The van der Waals surface area contributed by atoms with Crippen molar-refractivity contribution in [3.63, 3.8) is 0 Å². The van der Waals surface area contributed by atoms with Gasteiger partial charge in [0, 0.05) is 5.56 Å². The molecule has 0 radical (unpaired) electrons. The van der Waals surface area contributed by atoms with Gasteiger partial charge in [-0.15, -0.1) is 0 Å². The molecule has 0 unspecified atom stereocenters. The fourth-order valence-electron chi connectivity index (χ4n) is 1.93. The van der Waals surface area contributed by atoms with Crippen LogP contribution in [0.1, 0.15) is 24.5 Å². The minimum Gasteiger partial charge on any atom is -0.493 e. The first-order valence-corrected chi connectivity index (χ1v) is 7.37. The standard InChI is InChI=1S/C18H20N2O2/c1-2-12-22-17-11-7-6-10-16(17)14-19-20-18(21)13-15-8-4-3-5-9-15/h3-11,14H,2,12-13H2,1H3,(H,20,21)/b19-14+. The van der Waals surface area contributed by atoms with E-state index in [1.54, 1.807) is 6.21 Å². The van der Waals surface area contributed by atoms with Gasteiger partial charge in [-0.05, 0) is 24.1 Å². The zero-order valence-corrected chi connectivity index (χ0v) is 12.7. The average molecular weight is 296 g/mol. The van der Waals surface area contributed by atoms with E-state index in [2.05, 4.69) is 17.5 Å². The molecule has 2 rings (SSSR count). The summed E-state index contributed by atoms with van der Waals surface area (Å²) in [5, 5.41) is 4.00. The number of para-hydroxylation sites is 1. The Labute approximate surface area is 130 Å². The molecule has 0 aromatic heterocycles. The van der Waals surface area contributed by atoms with Gasteiger partial charge in [-0.3, -0.25) is 4.79 Å². The Morgan fingerprint density at radius 3 is 2.64 bits per heavy atom. The molecule has 2 aromatic rings. The molecular weight excluding hydrogens is 276 g/mol.